The lowest BCUT2D eigenvalue weighted by atomic mass is 10.1. The van der Waals surface area contributed by atoms with Crippen LogP contribution in [0, 0.1) is 6.92 Å². The summed E-state index contributed by atoms with van der Waals surface area (Å²) in [5.41, 5.74) is 3.42. The number of carbonyl (C=O) groups excluding carboxylic acids is 1. The number of hydrogen-bond acceptors (Lipinski definition) is 8. The zero-order valence-corrected chi connectivity index (χ0v) is 20.0. The van der Waals surface area contributed by atoms with E-state index in [2.05, 4.69) is 15.2 Å². The van der Waals surface area contributed by atoms with Gasteiger partial charge < -0.3 is 19.9 Å². The SMILES string of the molecule is Cc1ccc(O)c(Cn2c(NC3CCN(CCCS(N)(=O)=O)CC3)nc3ccc(C=O)cc32)n1. The smallest absolute Gasteiger partial charge is 0.209 e. The minimum Gasteiger partial charge on any atom is -0.506 e. The molecule has 11 heteroatoms. The molecule has 0 radical (unpaired) electrons. The second-order valence-electron chi connectivity index (χ2n) is 8.79. The molecule has 0 spiro atoms. The van der Waals surface area contributed by atoms with E-state index >= 15 is 0 Å². The number of nitrogens with zero attached hydrogens (tertiary/aromatic N) is 4. The molecule has 3 heterocycles. The second-order valence-corrected chi connectivity index (χ2v) is 10.5. The molecule has 3 aromatic rings. The van der Waals surface area contributed by atoms with Crippen molar-refractivity contribution in [2.24, 2.45) is 5.14 Å². The van der Waals surface area contributed by atoms with Crippen LogP contribution in [0.25, 0.3) is 11.0 Å². The number of nitrogens with one attached hydrogen (secondary N) is 1. The van der Waals surface area contributed by atoms with E-state index in [0.29, 0.717) is 36.7 Å². The van der Waals surface area contributed by atoms with Crippen LogP contribution >= 0.6 is 0 Å². The van der Waals surface area contributed by atoms with Crippen LogP contribution in [-0.4, -0.2) is 70.7 Å². The predicted molar refractivity (Wildman–Crippen MR) is 131 cm³/mol. The summed E-state index contributed by atoms with van der Waals surface area (Å²) in [6.07, 6.45) is 3.09. The number of aldehydes is 1. The molecule has 0 amide bonds. The Kier molecular flexibility index (Phi) is 7.15. The van der Waals surface area contributed by atoms with Gasteiger partial charge >= 0.3 is 0 Å². The topological polar surface area (TPSA) is 143 Å². The fraction of sp³-hybridized carbons (Fsp3) is 0.435. The van der Waals surface area contributed by atoms with Crippen molar-refractivity contribution in [2.45, 2.75) is 38.8 Å². The predicted octanol–water partition coefficient (Wildman–Crippen LogP) is 1.86. The van der Waals surface area contributed by atoms with Crippen LogP contribution < -0.4 is 10.5 Å². The van der Waals surface area contributed by atoms with Crippen molar-refractivity contribution in [3.63, 3.8) is 0 Å². The Morgan fingerprint density at radius 3 is 2.68 bits per heavy atom. The van der Waals surface area contributed by atoms with Gasteiger partial charge in [0.2, 0.25) is 16.0 Å². The summed E-state index contributed by atoms with van der Waals surface area (Å²) in [5, 5.41) is 19.0. The average Bonchev–Trinajstić information content (AvgIpc) is 3.12. The van der Waals surface area contributed by atoms with Crippen LogP contribution in [0.5, 0.6) is 5.75 Å². The third-order valence-corrected chi connectivity index (χ3v) is 6.99. The van der Waals surface area contributed by atoms with Crippen molar-refractivity contribution in [3.05, 3.63) is 47.3 Å². The van der Waals surface area contributed by atoms with Gasteiger partial charge in [-0.3, -0.25) is 9.78 Å². The van der Waals surface area contributed by atoms with Crippen molar-refractivity contribution in [3.8, 4) is 5.75 Å². The number of benzene rings is 1. The first-order valence-electron chi connectivity index (χ1n) is 11.3. The summed E-state index contributed by atoms with van der Waals surface area (Å²) < 4.78 is 24.2. The van der Waals surface area contributed by atoms with Crippen LogP contribution in [0.3, 0.4) is 0 Å². The van der Waals surface area contributed by atoms with E-state index in [1.54, 1.807) is 24.3 Å². The highest BCUT2D eigenvalue weighted by atomic mass is 32.2. The van der Waals surface area contributed by atoms with E-state index in [1.807, 2.05) is 17.6 Å². The first-order valence-corrected chi connectivity index (χ1v) is 13.0. The Balaban J connectivity index is 1.51. The highest BCUT2D eigenvalue weighted by molar-refractivity contribution is 7.89. The maximum absolute atomic E-state index is 11.4. The fourth-order valence-corrected chi connectivity index (χ4v) is 4.86. The van der Waals surface area contributed by atoms with Gasteiger partial charge in [-0.1, -0.05) is 0 Å². The fourth-order valence-electron chi connectivity index (χ4n) is 4.33. The normalized spacial score (nSPS) is 15.6. The van der Waals surface area contributed by atoms with Gasteiger partial charge in [-0.05, 0) is 63.1 Å². The van der Waals surface area contributed by atoms with Crippen LogP contribution in [-0.2, 0) is 16.6 Å². The molecule has 1 aliphatic rings. The van der Waals surface area contributed by atoms with Crippen molar-refractivity contribution in [1.29, 1.82) is 0 Å². The highest BCUT2D eigenvalue weighted by Gasteiger charge is 2.22. The summed E-state index contributed by atoms with van der Waals surface area (Å²) >= 11 is 0. The molecule has 1 aromatic carbocycles. The summed E-state index contributed by atoms with van der Waals surface area (Å²) in [4.78, 5) is 22.9. The van der Waals surface area contributed by atoms with Crippen LogP contribution in [0.2, 0.25) is 0 Å². The Labute approximate surface area is 198 Å². The lowest BCUT2D eigenvalue weighted by molar-refractivity contribution is 0.112. The Bertz CT molecular complexity index is 1280. The molecule has 4 rings (SSSR count). The minimum atomic E-state index is -3.43. The number of likely N-dealkylation sites (tertiary alicyclic amines) is 1. The van der Waals surface area contributed by atoms with Gasteiger partial charge in [0, 0.05) is 30.4 Å². The Morgan fingerprint density at radius 1 is 1.21 bits per heavy atom. The number of aromatic nitrogens is 3. The number of piperidine rings is 1. The average molecular weight is 487 g/mol. The number of anilines is 1. The number of aryl methyl sites for hydroxylation is 1. The number of carbonyl (C=O) groups is 1. The van der Waals surface area contributed by atoms with E-state index in [0.717, 1.165) is 48.9 Å². The summed E-state index contributed by atoms with van der Waals surface area (Å²) in [6.45, 7) is 4.57. The van der Waals surface area contributed by atoms with Crippen molar-refractivity contribution >= 4 is 33.3 Å². The molecule has 0 bridgehead atoms. The number of primary sulfonamides is 1. The number of aromatic hydroxyl groups is 1. The van der Waals surface area contributed by atoms with Crippen LogP contribution in [0.4, 0.5) is 5.95 Å². The van der Waals surface area contributed by atoms with Gasteiger partial charge in [0.1, 0.15) is 17.7 Å². The van der Waals surface area contributed by atoms with Crippen LogP contribution in [0.1, 0.15) is 41.0 Å². The maximum atomic E-state index is 11.4. The number of hydrogen-bond donors (Lipinski definition) is 3. The van der Waals surface area contributed by atoms with E-state index in [1.165, 1.54) is 0 Å². The number of sulfonamides is 1. The largest absolute Gasteiger partial charge is 0.506 e. The Hall–Kier alpha value is -3.02. The van der Waals surface area contributed by atoms with Gasteiger partial charge in [-0.15, -0.1) is 0 Å². The molecule has 10 nitrogen and oxygen atoms in total. The first kappa shape index (κ1) is 24.1. The second kappa shape index (κ2) is 10.1. The summed E-state index contributed by atoms with van der Waals surface area (Å²) in [7, 11) is -3.43. The zero-order chi connectivity index (χ0) is 24.3. The molecule has 34 heavy (non-hydrogen) atoms. The number of nitrogens with two attached hydrogens (primary N) is 1. The number of rotatable bonds is 9. The lowest BCUT2D eigenvalue weighted by Gasteiger charge is -2.32. The molecule has 0 saturated carbocycles. The molecule has 0 unspecified atom stereocenters. The highest BCUT2D eigenvalue weighted by Crippen LogP contribution is 2.26. The molecule has 1 aliphatic heterocycles. The monoisotopic (exact) mass is 486 g/mol. The van der Waals surface area contributed by atoms with Gasteiger partial charge in [0.15, 0.2) is 0 Å². The number of fused-ring (bicyclic) bond motifs is 1. The van der Waals surface area contributed by atoms with E-state index in [9.17, 15) is 18.3 Å². The third kappa shape index (κ3) is 5.91. The van der Waals surface area contributed by atoms with Crippen molar-refractivity contribution in [2.75, 3.05) is 30.7 Å². The van der Waals surface area contributed by atoms with Gasteiger partial charge in [-0.2, -0.15) is 0 Å². The molecular formula is C23H30N6O4S. The molecular weight excluding hydrogens is 456 g/mol. The number of imidazole rings is 1. The van der Waals surface area contributed by atoms with Gasteiger partial charge in [-0.25, -0.2) is 18.5 Å². The first-order chi connectivity index (χ1) is 16.2. The van der Waals surface area contributed by atoms with E-state index in [-0.39, 0.29) is 17.5 Å². The lowest BCUT2D eigenvalue weighted by Crippen LogP contribution is -2.40. The van der Waals surface area contributed by atoms with Gasteiger partial charge in [0.25, 0.3) is 0 Å². The van der Waals surface area contributed by atoms with E-state index < -0.39 is 10.0 Å². The number of pyridine rings is 1. The van der Waals surface area contributed by atoms with Crippen molar-refractivity contribution in [1.82, 2.24) is 19.4 Å². The van der Waals surface area contributed by atoms with E-state index in [4.69, 9.17) is 10.1 Å². The molecule has 4 N–H and O–H groups in total. The van der Waals surface area contributed by atoms with Crippen molar-refractivity contribution < 1.29 is 18.3 Å². The summed E-state index contributed by atoms with van der Waals surface area (Å²) in [5.74, 6) is 0.767. The molecule has 1 fully saturated rings. The standard InChI is InChI=1S/C23H30N6O4S/c1-16-3-6-22(31)20(25-16)14-29-21-13-17(15-30)4-5-19(21)27-23(29)26-18-7-10-28(11-8-18)9-2-12-34(24,32)33/h3-6,13,15,18,31H,2,7-12,14H2,1H3,(H,26,27)(H2,24,32,33). The third-order valence-electron chi connectivity index (χ3n) is 6.13. The Morgan fingerprint density at radius 2 is 1.97 bits per heavy atom. The quantitative estimate of drug-likeness (QED) is 0.389. The molecule has 182 valence electrons. The maximum Gasteiger partial charge on any atom is 0.209 e. The zero-order valence-electron chi connectivity index (χ0n) is 19.1. The molecule has 0 atom stereocenters. The van der Waals surface area contributed by atoms with Crippen LogP contribution in [0.15, 0.2) is 30.3 Å². The molecule has 0 aliphatic carbocycles. The van der Waals surface area contributed by atoms with Gasteiger partial charge in [0.05, 0.1) is 23.3 Å². The minimum absolute atomic E-state index is 0.00216. The molecule has 1 saturated heterocycles. The molecule has 2 aromatic heterocycles. The summed E-state index contributed by atoms with van der Waals surface area (Å²) in [6, 6.07) is 8.92.